The molecule has 27 heavy (non-hydrogen) atoms. The van der Waals surface area contributed by atoms with Crippen LogP contribution in [-0.2, 0) is 21.3 Å². The Morgan fingerprint density at radius 1 is 1.07 bits per heavy atom. The number of hydrogen-bond donors (Lipinski definition) is 3. The van der Waals surface area contributed by atoms with Crippen LogP contribution in [0.5, 0.6) is 0 Å². The van der Waals surface area contributed by atoms with Crippen molar-refractivity contribution in [2.45, 2.75) is 25.8 Å². The van der Waals surface area contributed by atoms with E-state index in [0.717, 1.165) is 17.5 Å². The highest BCUT2D eigenvalue weighted by atomic mass is 32.2. The molecule has 3 N–H and O–H groups in total. The van der Waals surface area contributed by atoms with Crippen molar-refractivity contribution < 1.29 is 27.7 Å². The summed E-state index contributed by atoms with van der Waals surface area (Å²) in [6.07, 6.45) is 1.37. The molecular formula is C19H21NO6S. The van der Waals surface area contributed by atoms with E-state index in [2.05, 4.69) is 5.32 Å². The molecule has 0 aliphatic rings. The van der Waals surface area contributed by atoms with E-state index in [1.165, 1.54) is 0 Å². The van der Waals surface area contributed by atoms with Gasteiger partial charge in [0.05, 0.1) is 5.56 Å². The fourth-order valence-electron chi connectivity index (χ4n) is 2.82. The van der Waals surface area contributed by atoms with Gasteiger partial charge in [0.15, 0.2) is 0 Å². The van der Waals surface area contributed by atoms with Gasteiger partial charge < -0.3 is 10.4 Å². The van der Waals surface area contributed by atoms with Gasteiger partial charge >= 0.3 is 5.97 Å². The van der Waals surface area contributed by atoms with Crippen molar-refractivity contribution in [3.8, 4) is 11.1 Å². The summed E-state index contributed by atoms with van der Waals surface area (Å²) >= 11 is 0. The zero-order valence-electron chi connectivity index (χ0n) is 14.8. The van der Waals surface area contributed by atoms with Crippen molar-refractivity contribution in [1.82, 2.24) is 5.32 Å². The van der Waals surface area contributed by atoms with E-state index in [1.807, 2.05) is 43.3 Å². The third-order valence-electron chi connectivity index (χ3n) is 3.96. The van der Waals surface area contributed by atoms with Gasteiger partial charge in [0.1, 0.15) is 11.8 Å². The predicted octanol–water partition coefficient (Wildman–Crippen LogP) is 2.38. The van der Waals surface area contributed by atoms with Crippen molar-refractivity contribution in [1.29, 1.82) is 0 Å². The number of carboxylic acids is 1. The van der Waals surface area contributed by atoms with Crippen molar-refractivity contribution >= 4 is 22.0 Å². The molecule has 8 heteroatoms. The number of benzene rings is 2. The Bertz CT molecular complexity index is 924. The smallest absolute Gasteiger partial charge is 0.327 e. The zero-order valence-corrected chi connectivity index (χ0v) is 15.6. The molecule has 0 bridgehead atoms. The second kappa shape index (κ2) is 8.79. The number of hydrogen-bond acceptors (Lipinski definition) is 4. The normalized spacial score (nSPS) is 12.4. The fraction of sp³-hybridized carbons (Fsp3) is 0.263. The Morgan fingerprint density at radius 3 is 2.30 bits per heavy atom. The fourth-order valence-corrected chi connectivity index (χ4v) is 3.47. The van der Waals surface area contributed by atoms with Crippen LogP contribution in [0.1, 0.15) is 29.3 Å². The summed E-state index contributed by atoms with van der Waals surface area (Å²) < 4.78 is 31.1. The monoisotopic (exact) mass is 391 g/mol. The molecule has 0 saturated heterocycles. The van der Waals surface area contributed by atoms with E-state index in [1.54, 1.807) is 12.1 Å². The summed E-state index contributed by atoms with van der Waals surface area (Å²) in [5.74, 6) is -3.35. The molecule has 0 heterocycles. The summed E-state index contributed by atoms with van der Waals surface area (Å²) in [5, 5.41) is 11.4. The third-order valence-corrected chi connectivity index (χ3v) is 4.72. The molecule has 0 aliphatic carbocycles. The summed E-state index contributed by atoms with van der Waals surface area (Å²) in [6, 6.07) is 12.7. The van der Waals surface area contributed by atoms with Crippen LogP contribution in [0.2, 0.25) is 0 Å². The van der Waals surface area contributed by atoms with Gasteiger partial charge in [-0.3, -0.25) is 9.35 Å². The Kier molecular flexibility index (Phi) is 6.70. The summed E-state index contributed by atoms with van der Waals surface area (Å²) in [5.41, 5.74) is 2.43. The van der Waals surface area contributed by atoms with Gasteiger partial charge in [-0.05, 0) is 23.1 Å². The van der Waals surface area contributed by atoms with Crippen molar-refractivity contribution in [2.75, 3.05) is 5.75 Å². The molecule has 0 aliphatic heterocycles. The molecule has 1 atom stereocenters. The second-order valence-corrected chi connectivity index (χ2v) is 7.57. The number of carbonyl (C=O) groups excluding carboxylic acids is 1. The predicted molar refractivity (Wildman–Crippen MR) is 101 cm³/mol. The van der Waals surface area contributed by atoms with Crippen LogP contribution < -0.4 is 5.32 Å². The van der Waals surface area contributed by atoms with Gasteiger partial charge in [-0.15, -0.1) is 0 Å². The van der Waals surface area contributed by atoms with E-state index >= 15 is 0 Å². The van der Waals surface area contributed by atoms with Crippen molar-refractivity contribution in [2.24, 2.45) is 0 Å². The molecule has 2 aromatic carbocycles. The molecule has 2 aromatic rings. The first-order valence-electron chi connectivity index (χ1n) is 8.39. The molecule has 0 spiro atoms. The lowest BCUT2D eigenvalue weighted by Crippen LogP contribution is -2.45. The maximum atomic E-state index is 12.9. The Morgan fingerprint density at radius 2 is 1.74 bits per heavy atom. The average molecular weight is 391 g/mol. The lowest BCUT2D eigenvalue weighted by Gasteiger charge is -2.18. The number of nitrogens with one attached hydrogen (secondary N) is 1. The maximum Gasteiger partial charge on any atom is 0.327 e. The van der Waals surface area contributed by atoms with E-state index in [4.69, 9.17) is 4.55 Å². The van der Waals surface area contributed by atoms with Crippen LogP contribution in [0.3, 0.4) is 0 Å². The number of rotatable bonds is 8. The van der Waals surface area contributed by atoms with Crippen LogP contribution in [0, 0.1) is 0 Å². The van der Waals surface area contributed by atoms with Gasteiger partial charge in [0.2, 0.25) is 0 Å². The van der Waals surface area contributed by atoms with Crippen LogP contribution >= 0.6 is 0 Å². The van der Waals surface area contributed by atoms with E-state index in [9.17, 15) is 23.1 Å². The maximum absolute atomic E-state index is 12.9. The zero-order chi connectivity index (χ0) is 20.0. The summed E-state index contributed by atoms with van der Waals surface area (Å²) in [7, 11) is -4.57. The molecule has 0 unspecified atom stereocenters. The van der Waals surface area contributed by atoms with Gasteiger partial charge in [0.25, 0.3) is 16.0 Å². The molecule has 144 valence electrons. The quantitative estimate of drug-likeness (QED) is 0.594. The number of amides is 1. The van der Waals surface area contributed by atoms with Gasteiger partial charge in [-0.1, -0.05) is 61.9 Å². The average Bonchev–Trinajstić information content (AvgIpc) is 2.60. The SMILES string of the molecule is CCCc1cccc(-c2ccccc2)c1C(=O)N[C@@H](CS(=O)(=O)O)C(=O)O. The number of carbonyl (C=O) groups is 2. The second-order valence-electron chi connectivity index (χ2n) is 6.07. The van der Waals surface area contributed by atoms with E-state index in [0.29, 0.717) is 17.5 Å². The molecule has 7 nitrogen and oxygen atoms in total. The Labute approximate surface area is 157 Å². The largest absolute Gasteiger partial charge is 0.480 e. The van der Waals surface area contributed by atoms with E-state index < -0.39 is 33.8 Å². The number of aliphatic carboxylic acids is 1. The van der Waals surface area contributed by atoms with Crippen molar-refractivity contribution in [3.05, 3.63) is 59.7 Å². The number of aryl methyl sites for hydroxylation is 1. The van der Waals surface area contributed by atoms with Crippen LogP contribution in [0.15, 0.2) is 48.5 Å². The number of carboxylic acid groups (broad SMARTS) is 1. The molecule has 2 rings (SSSR count). The first-order chi connectivity index (χ1) is 12.7. The standard InChI is InChI=1S/C19H21NO6S/c1-2-7-14-10-6-11-15(13-8-4-3-5-9-13)17(14)18(21)20-16(19(22)23)12-27(24,25)26/h3-6,8-11,16H,2,7,12H2,1H3,(H,20,21)(H,22,23)(H,24,25,26)/t16-/m0/s1. The van der Waals surface area contributed by atoms with Crippen LogP contribution in [0.25, 0.3) is 11.1 Å². The Hall–Kier alpha value is -2.71. The minimum Gasteiger partial charge on any atom is -0.480 e. The lowest BCUT2D eigenvalue weighted by molar-refractivity contribution is -0.138. The summed E-state index contributed by atoms with van der Waals surface area (Å²) in [6.45, 7) is 1.95. The van der Waals surface area contributed by atoms with Crippen molar-refractivity contribution in [3.63, 3.8) is 0 Å². The third kappa shape index (κ3) is 5.63. The summed E-state index contributed by atoms with van der Waals surface area (Å²) in [4.78, 5) is 24.2. The molecule has 0 radical (unpaired) electrons. The molecule has 0 fully saturated rings. The highest BCUT2D eigenvalue weighted by molar-refractivity contribution is 7.85. The molecule has 0 saturated carbocycles. The first-order valence-corrected chi connectivity index (χ1v) is 10.00. The van der Waals surface area contributed by atoms with E-state index in [-0.39, 0.29) is 0 Å². The first kappa shape index (κ1) is 20.6. The highest BCUT2D eigenvalue weighted by Gasteiger charge is 2.28. The van der Waals surface area contributed by atoms with Gasteiger partial charge in [-0.2, -0.15) is 8.42 Å². The molecule has 0 aromatic heterocycles. The van der Waals surface area contributed by atoms with Crippen LogP contribution in [0.4, 0.5) is 0 Å². The minimum absolute atomic E-state index is 0.298. The molecular weight excluding hydrogens is 370 g/mol. The lowest BCUT2D eigenvalue weighted by atomic mass is 9.92. The van der Waals surface area contributed by atoms with Crippen LogP contribution in [-0.4, -0.2) is 41.7 Å². The van der Waals surface area contributed by atoms with Gasteiger partial charge in [0, 0.05) is 0 Å². The minimum atomic E-state index is -4.57. The Balaban J connectivity index is 2.48. The van der Waals surface area contributed by atoms with Gasteiger partial charge in [-0.25, -0.2) is 4.79 Å². The highest BCUT2D eigenvalue weighted by Crippen LogP contribution is 2.27. The topological polar surface area (TPSA) is 121 Å². The molecule has 1 amide bonds.